The first-order valence-electron chi connectivity index (χ1n) is 10.4. The Morgan fingerprint density at radius 2 is 1.52 bits per heavy atom. The maximum Gasteiger partial charge on any atom is 0.251 e. The molecule has 1 atom stereocenters. The molecule has 2 aromatic rings. The van der Waals surface area contributed by atoms with Gasteiger partial charge in [0.1, 0.15) is 9.84 Å². The number of benzene rings is 2. The Morgan fingerprint density at radius 3 is 2.10 bits per heavy atom. The Bertz CT molecular complexity index is 972. The van der Waals surface area contributed by atoms with Gasteiger partial charge in [-0.2, -0.15) is 0 Å². The number of hydrogen-bond acceptors (Lipinski definition) is 5. The van der Waals surface area contributed by atoms with Crippen molar-refractivity contribution in [1.29, 1.82) is 0 Å². The normalized spacial score (nSPS) is 16.0. The molecule has 0 spiro atoms. The SMILES string of the molecule is CS(=O)(=O)CCN1CCN(C(=O)CC(NC(=O)c2ccccc2)c2ccccc2)CC1. The first kappa shape index (κ1) is 23.0. The molecule has 1 heterocycles. The fourth-order valence-corrected chi connectivity index (χ4v) is 4.18. The summed E-state index contributed by atoms with van der Waals surface area (Å²) in [5.41, 5.74) is 1.43. The van der Waals surface area contributed by atoms with E-state index in [1.165, 1.54) is 6.26 Å². The third-order valence-electron chi connectivity index (χ3n) is 5.43. The van der Waals surface area contributed by atoms with Crippen LogP contribution < -0.4 is 5.32 Å². The van der Waals surface area contributed by atoms with Gasteiger partial charge in [0.15, 0.2) is 0 Å². The summed E-state index contributed by atoms with van der Waals surface area (Å²) in [5, 5.41) is 3.00. The van der Waals surface area contributed by atoms with Crippen molar-refractivity contribution in [2.24, 2.45) is 0 Å². The first-order chi connectivity index (χ1) is 14.8. The molecule has 1 N–H and O–H groups in total. The summed E-state index contributed by atoms with van der Waals surface area (Å²) in [6.07, 6.45) is 1.41. The van der Waals surface area contributed by atoms with Crippen LogP contribution in [-0.4, -0.2) is 74.8 Å². The van der Waals surface area contributed by atoms with Gasteiger partial charge in [0.25, 0.3) is 5.91 Å². The van der Waals surface area contributed by atoms with Crippen molar-refractivity contribution in [2.75, 3.05) is 44.7 Å². The number of piperazine rings is 1. The molecule has 0 aliphatic carbocycles. The van der Waals surface area contributed by atoms with Crippen LogP contribution in [0.15, 0.2) is 60.7 Å². The lowest BCUT2D eigenvalue weighted by Crippen LogP contribution is -2.50. The summed E-state index contributed by atoms with van der Waals surface area (Å²) in [6, 6.07) is 18.0. The predicted molar refractivity (Wildman–Crippen MR) is 120 cm³/mol. The Balaban J connectivity index is 1.61. The molecule has 3 rings (SSSR count). The van der Waals surface area contributed by atoms with E-state index in [-0.39, 0.29) is 24.0 Å². The van der Waals surface area contributed by atoms with Gasteiger partial charge in [-0.05, 0) is 17.7 Å². The van der Waals surface area contributed by atoms with E-state index in [4.69, 9.17) is 0 Å². The van der Waals surface area contributed by atoms with Gasteiger partial charge in [0.2, 0.25) is 5.91 Å². The number of rotatable bonds is 8. The van der Waals surface area contributed by atoms with Crippen molar-refractivity contribution < 1.29 is 18.0 Å². The van der Waals surface area contributed by atoms with E-state index >= 15 is 0 Å². The second-order valence-corrected chi connectivity index (χ2v) is 10.1. The summed E-state index contributed by atoms with van der Waals surface area (Å²) in [4.78, 5) is 29.5. The van der Waals surface area contributed by atoms with Gasteiger partial charge in [0, 0.05) is 44.5 Å². The van der Waals surface area contributed by atoms with E-state index in [9.17, 15) is 18.0 Å². The Hall–Kier alpha value is -2.71. The Morgan fingerprint density at radius 1 is 0.935 bits per heavy atom. The molecule has 166 valence electrons. The van der Waals surface area contributed by atoms with E-state index in [0.717, 1.165) is 5.56 Å². The van der Waals surface area contributed by atoms with Crippen molar-refractivity contribution in [3.63, 3.8) is 0 Å². The van der Waals surface area contributed by atoms with Crippen LogP contribution in [0.2, 0.25) is 0 Å². The molecule has 0 aromatic heterocycles. The average Bonchev–Trinajstić information content (AvgIpc) is 2.78. The highest BCUT2D eigenvalue weighted by molar-refractivity contribution is 7.90. The van der Waals surface area contributed by atoms with Crippen molar-refractivity contribution >= 4 is 21.7 Å². The van der Waals surface area contributed by atoms with E-state index in [1.54, 1.807) is 29.2 Å². The van der Waals surface area contributed by atoms with E-state index in [1.807, 2.05) is 36.4 Å². The minimum Gasteiger partial charge on any atom is -0.345 e. The topological polar surface area (TPSA) is 86.8 Å². The summed E-state index contributed by atoms with van der Waals surface area (Å²) < 4.78 is 22.7. The molecule has 0 radical (unpaired) electrons. The highest BCUT2D eigenvalue weighted by Crippen LogP contribution is 2.19. The molecule has 1 unspecified atom stereocenters. The number of amides is 2. The van der Waals surface area contributed by atoms with Crippen molar-refractivity contribution in [3.05, 3.63) is 71.8 Å². The largest absolute Gasteiger partial charge is 0.345 e. The highest BCUT2D eigenvalue weighted by atomic mass is 32.2. The number of nitrogens with zero attached hydrogens (tertiary/aromatic N) is 2. The molecule has 31 heavy (non-hydrogen) atoms. The molecule has 8 heteroatoms. The fourth-order valence-electron chi connectivity index (χ4n) is 3.59. The molecule has 1 fully saturated rings. The second-order valence-electron chi connectivity index (χ2n) is 7.86. The quantitative estimate of drug-likeness (QED) is 0.672. The fraction of sp³-hybridized carbons (Fsp3) is 0.391. The Kier molecular flexibility index (Phi) is 7.81. The molecular formula is C23H29N3O4S. The van der Waals surface area contributed by atoms with Gasteiger partial charge < -0.3 is 10.2 Å². The summed E-state index contributed by atoms with van der Waals surface area (Å²) in [6.45, 7) is 2.88. The van der Waals surface area contributed by atoms with Crippen LogP contribution in [0.25, 0.3) is 0 Å². The molecule has 1 aliphatic heterocycles. The van der Waals surface area contributed by atoms with Crippen molar-refractivity contribution in [1.82, 2.24) is 15.1 Å². The van der Waals surface area contributed by atoms with Crippen LogP contribution in [0.3, 0.4) is 0 Å². The molecular weight excluding hydrogens is 414 g/mol. The zero-order valence-corrected chi connectivity index (χ0v) is 18.6. The lowest BCUT2D eigenvalue weighted by atomic mass is 10.0. The maximum absolute atomic E-state index is 13.0. The van der Waals surface area contributed by atoms with Gasteiger partial charge in [0.05, 0.1) is 18.2 Å². The second kappa shape index (κ2) is 10.5. The molecule has 2 amide bonds. The predicted octanol–water partition coefficient (Wildman–Crippen LogP) is 1.74. The minimum absolute atomic E-state index is 0.0232. The number of nitrogens with one attached hydrogen (secondary N) is 1. The maximum atomic E-state index is 13.0. The first-order valence-corrected chi connectivity index (χ1v) is 12.5. The Labute approximate surface area is 184 Å². The zero-order chi connectivity index (χ0) is 22.3. The minimum atomic E-state index is -3.00. The molecule has 2 aromatic carbocycles. The van der Waals surface area contributed by atoms with Crippen molar-refractivity contribution in [2.45, 2.75) is 12.5 Å². The molecule has 1 saturated heterocycles. The zero-order valence-electron chi connectivity index (χ0n) is 17.7. The third kappa shape index (κ3) is 7.18. The molecule has 0 bridgehead atoms. The number of hydrogen-bond donors (Lipinski definition) is 1. The smallest absolute Gasteiger partial charge is 0.251 e. The van der Waals surface area contributed by atoms with Gasteiger partial charge in [-0.3, -0.25) is 14.5 Å². The lowest BCUT2D eigenvalue weighted by molar-refractivity contribution is -0.133. The molecule has 0 saturated carbocycles. The van der Waals surface area contributed by atoms with E-state index in [0.29, 0.717) is 38.3 Å². The molecule has 7 nitrogen and oxygen atoms in total. The lowest BCUT2D eigenvalue weighted by Gasteiger charge is -2.35. The standard InChI is InChI=1S/C23H29N3O4S/c1-31(29,30)17-16-25-12-14-26(15-13-25)22(27)18-21(19-8-4-2-5-9-19)24-23(28)20-10-6-3-7-11-20/h2-11,21H,12-18H2,1H3,(H,24,28). The van der Waals surface area contributed by atoms with Crippen LogP contribution in [-0.2, 0) is 14.6 Å². The number of sulfone groups is 1. The monoisotopic (exact) mass is 443 g/mol. The van der Waals surface area contributed by atoms with Crippen LogP contribution in [0.5, 0.6) is 0 Å². The van der Waals surface area contributed by atoms with Crippen LogP contribution >= 0.6 is 0 Å². The average molecular weight is 444 g/mol. The summed E-state index contributed by atoms with van der Waals surface area (Å²) >= 11 is 0. The van der Waals surface area contributed by atoms with Gasteiger partial charge >= 0.3 is 0 Å². The van der Waals surface area contributed by atoms with Crippen molar-refractivity contribution in [3.8, 4) is 0 Å². The summed E-state index contributed by atoms with van der Waals surface area (Å²) in [7, 11) is -3.00. The summed E-state index contributed by atoms with van der Waals surface area (Å²) in [5.74, 6) is -0.111. The van der Waals surface area contributed by atoms with Gasteiger partial charge in [-0.25, -0.2) is 8.42 Å². The van der Waals surface area contributed by atoms with Crippen LogP contribution in [0.1, 0.15) is 28.4 Å². The number of carbonyl (C=O) groups excluding carboxylic acids is 2. The highest BCUT2D eigenvalue weighted by Gasteiger charge is 2.25. The van der Waals surface area contributed by atoms with Crippen LogP contribution in [0, 0.1) is 0 Å². The van der Waals surface area contributed by atoms with Gasteiger partial charge in [-0.1, -0.05) is 48.5 Å². The van der Waals surface area contributed by atoms with Crippen LogP contribution in [0.4, 0.5) is 0 Å². The van der Waals surface area contributed by atoms with E-state index < -0.39 is 15.9 Å². The molecule has 1 aliphatic rings. The third-order valence-corrected chi connectivity index (χ3v) is 6.35. The van der Waals surface area contributed by atoms with E-state index in [2.05, 4.69) is 10.2 Å². The van der Waals surface area contributed by atoms with Gasteiger partial charge in [-0.15, -0.1) is 0 Å². The number of carbonyl (C=O) groups is 2.